The molecule has 0 atom stereocenters. The third-order valence-corrected chi connectivity index (χ3v) is 6.98. The van der Waals surface area contributed by atoms with E-state index in [0.717, 1.165) is 5.82 Å². The van der Waals surface area contributed by atoms with Crippen LogP contribution in [0, 0.1) is 6.92 Å². The molecular weight excluding hydrogens is 418 g/mol. The Bertz CT molecular complexity index is 957. The van der Waals surface area contributed by atoms with Gasteiger partial charge >= 0.3 is 0 Å². The maximum atomic E-state index is 13.0. The van der Waals surface area contributed by atoms with Crippen LogP contribution in [0.2, 0.25) is 0 Å². The minimum absolute atomic E-state index is 0.0277. The Balaban J connectivity index is 1.67. The van der Waals surface area contributed by atoms with Crippen molar-refractivity contribution >= 4 is 27.7 Å². The normalized spacial score (nSPS) is 15.2. The first-order valence-electron chi connectivity index (χ1n) is 8.98. The van der Waals surface area contributed by atoms with Gasteiger partial charge in [0.05, 0.1) is 20.3 Å². The van der Waals surface area contributed by atoms with E-state index in [9.17, 15) is 13.2 Å². The van der Waals surface area contributed by atoms with Crippen molar-refractivity contribution < 1.29 is 22.7 Å². The van der Waals surface area contributed by atoms with E-state index >= 15 is 0 Å². The molecule has 10 nitrogen and oxygen atoms in total. The molecule has 2 heterocycles. The van der Waals surface area contributed by atoms with E-state index in [1.807, 2.05) is 6.92 Å². The van der Waals surface area contributed by atoms with Gasteiger partial charge in [0, 0.05) is 31.0 Å². The number of amides is 1. The highest BCUT2D eigenvalue weighted by Crippen LogP contribution is 2.28. The summed E-state index contributed by atoms with van der Waals surface area (Å²) >= 11 is 1.41. The fourth-order valence-electron chi connectivity index (χ4n) is 2.74. The Morgan fingerprint density at radius 3 is 2.79 bits per heavy atom. The number of methoxy groups -OCH3 is 1. The average Bonchev–Trinajstić information content (AvgIpc) is 3.16. The minimum Gasteiger partial charge on any atom is -0.495 e. The molecule has 1 aromatic heterocycles. The minimum atomic E-state index is -3.80. The summed E-state index contributed by atoms with van der Waals surface area (Å²) in [5.74, 6) is 1.14. The van der Waals surface area contributed by atoms with Crippen molar-refractivity contribution in [2.75, 3.05) is 45.7 Å². The quantitative estimate of drug-likeness (QED) is 0.452. The number of benzene rings is 1. The van der Waals surface area contributed by atoms with E-state index < -0.39 is 10.0 Å². The number of ether oxygens (including phenoxy) is 2. The van der Waals surface area contributed by atoms with Gasteiger partial charge in [-0.3, -0.25) is 9.89 Å². The van der Waals surface area contributed by atoms with Crippen LogP contribution in [0.1, 0.15) is 16.2 Å². The van der Waals surface area contributed by atoms with Crippen LogP contribution in [0.3, 0.4) is 0 Å². The second-order valence-corrected chi connectivity index (χ2v) is 9.16. The number of sulfonamides is 1. The molecule has 2 aromatic rings. The first-order chi connectivity index (χ1) is 13.9. The lowest BCUT2D eigenvalue weighted by molar-refractivity contribution is 0.0729. The maximum absolute atomic E-state index is 13.0. The summed E-state index contributed by atoms with van der Waals surface area (Å²) in [4.78, 5) is 16.6. The third kappa shape index (κ3) is 5.26. The van der Waals surface area contributed by atoms with Crippen molar-refractivity contribution in [3.8, 4) is 5.75 Å². The van der Waals surface area contributed by atoms with E-state index in [1.54, 1.807) is 0 Å². The zero-order valence-electron chi connectivity index (χ0n) is 16.2. The number of nitrogens with zero attached hydrogens (tertiary/aromatic N) is 3. The van der Waals surface area contributed by atoms with Gasteiger partial charge in [-0.15, -0.1) is 5.10 Å². The highest BCUT2D eigenvalue weighted by molar-refractivity contribution is 7.99. The highest BCUT2D eigenvalue weighted by atomic mass is 32.2. The van der Waals surface area contributed by atoms with Gasteiger partial charge in [-0.25, -0.2) is 13.4 Å². The predicted molar refractivity (Wildman–Crippen MR) is 107 cm³/mol. The fraction of sp³-hybridized carbons (Fsp3) is 0.471. The van der Waals surface area contributed by atoms with Crippen molar-refractivity contribution in [2.24, 2.45) is 0 Å². The van der Waals surface area contributed by atoms with Gasteiger partial charge in [-0.2, -0.15) is 4.31 Å². The van der Waals surface area contributed by atoms with Crippen LogP contribution < -0.4 is 10.1 Å². The zero-order chi connectivity index (χ0) is 20.9. The van der Waals surface area contributed by atoms with Crippen LogP contribution in [0.4, 0.5) is 0 Å². The van der Waals surface area contributed by atoms with Crippen LogP contribution in [-0.4, -0.2) is 79.5 Å². The van der Waals surface area contributed by atoms with Crippen molar-refractivity contribution in [1.82, 2.24) is 24.8 Å². The summed E-state index contributed by atoms with van der Waals surface area (Å²) in [5, 5.41) is 10.2. The molecule has 3 rings (SSSR count). The molecule has 1 aliphatic heterocycles. The standard InChI is InChI=1S/C17H23N5O5S2/c1-12-19-17(21-20-12)28-10-5-18-16(23)13-3-4-14(26-2)15(11-13)29(24,25)22-6-8-27-9-7-22/h3-4,11H,5-10H2,1-2H3,(H,18,23)(H,19,20,21). The molecule has 1 aliphatic rings. The van der Waals surface area contributed by atoms with E-state index in [2.05, 4.69) is 20.5 Å². The molecule has 0 spiro atoms. The first-order valence-corrected chi connectivity index (χ1v) is 11.4. The van der Waals surface area contributed by atoms with E-state index in [0.29, 0.717) is 30.7 Å². The smallest absolute Gasteiger partial charge is 0.251 e. The summed E-state index contributed by atoms with van der Waals surface area (Å²) in [6.45, 7) is 3.40. The van der Waals surface area contributed by atoms with Gasteiger partial charge < -0.3 is 14.8 Å². The maximum Gasteiger partial charge on any atom is 0.251 e. The van der Waals surface area contributed by atoms with Crippen LogP contribution in [0.5, 0.6) is 5.75 Å². The number of aromatic amines is 1. The topological polar surface area (TPSA) is 127 Å². The third-order valence-electron chi connectivity index (χ3n) is 4.21. The van der Waals surface area contributed by atoms with Crippen LogP contribution >= 0.6 is 11.8 Å². The lowest BCUT2D eigenvalue weighted by atomic mass is 10.2. The summed E-state index contributed by atoms with van der Waals surface area (Å²) in [5.41, 5.74) is 0.247. The van der Waals surface area contributed by atoms with E-state index in [1.165, 1.54) is 41.4 Å². The average molecular weight is 442 g/mol. The van der Waals surface area contributed by atoms with E-state index in [4.69, 9.17) is 9.47 Å². The molecular formula is C17H23N5O5S2. The molecule has 2 N–H and O–H groups in total. The molecule has 0 aliphatic carbocycles. The lowest BCUT2D eigenvalue weighted by Crippen LogP contribution is -2.40. The Kier molecular flexibility index (Phi) is 7.11. The predicted octanol–water partition coefficient (Wildman–Crippen LogP) is 0.665. The molecule has 0 bridgehead atoms. The number of hydrogen-bond acceptors (Lipinski definition) is 8. The molecule has 1 fully saturated rings. The summed E-state index contributed by atoms with van der Waals surface area (Å²) in [6.07, 6.45) is 0. The number of aryl methyl sites for hydroxylation is 1. The second kappa shape index (κ2) is 9.57. The zero-order valence-corrected chi connectivity index (χ0v) is 17.8. The fourth-order valence-corrected chi connectivity index (χ4v) is 5.03. The number of hydrogen-bond donors (Lipinski definition) is 2. The number of carbonyl (C=O) groups excluding carboxylic acids is 1. The van der Waals surface area contributed by atoms with Crippen LogP contribution in [0.15, 0.2) is 28.3 Å². The van der Waals surface area contributed by atoms with Gasteiger partial charge in [0.15, 0.2) is 0 Å². The van der Waals surface area contributed by atoms with Crippen LogP contribution in [0.25, 0.3) is 0 Å². The molecule has 158 valence electrons. The summed E-state index contributed by atoms with van der Waals surface area (Å²) in [6, 6.07) is 4.39. The molecule has 0 radical (unpaired) electrons. The molecule has 1 saturated heterocycles. The SMILES string of the molecule is COc1ccc(C(=O)NCCSc2n[nH]c(C)n2)cc1S(=O)(=O)N1CCOCC1. The Morgan fingerprint density at radius 1 is 1.38 bits per heavy atom. The Hall–Kier alpha value is -2.15. The second-order valence-electron chi connectivity index (χ2n) is 6.19. The van der Waals surface area contributed by atoms with Gasteiger partial charge in [0.1, 0.15) is 16.5 Å². The van der Waals surface area contributed by atoms with Crippen molar-refractivity contribution in [2.45, 2.75) is 17.0 Å². The van der Waals surface area contributed by atoms with Gasteiger partial charge in [-0.1, -0.05) is 11.8 Å². The number of nitrogens with one attached hydrogen (secondary N) is 2. The molecule has 0 unspecified atom stereocenters. The highest BCUT2D eigenvalue weighted by Gasteiger charge is 2.30. The molecule has 1 amide bonds. The summed E-state index contributed by atoms with van der Waals surface area (Å²) in [7, 11) is -2.40. The van der Waals surface area contributed by atoms with Gasteiger partial charge in [0.2, 0.25) is 15.2 Å². The largest absolute Gasteiger partial charge is 0.495 e. The summed E-state index contributed by atoms with van der Waals surface area (Å²) < 4.78 is 37.8. The van der Waals surface area contributed by atoms with Crippen molar-refractivity contribution in [1.29, 1.82) is 0 Å². The van der Waals surface area contributed by atoms with Gasteiger partial charge in [0.25, 0.3) is 5.91 Å². The molecule has 0 saturated carbocycles. The number of H-pyrrole nitrogens is 1. The molecule has 12 heteroatoms. The number of morpholine rings is 1. The number of carbonyl (C=O) groups is 1. The number of aromatic nitrogens is 3. The molecule has 1 aromatic carbocycles. The van der Waals surface area contributed by atoms with Gasteiger partial charge in [-0.05, 0) is 25.1 Å². The Morgan fingerprint density at radius 2 is 2.14 bits per heavy atom. The van der Waals surface area contributed by atoms with Crippen molar-refractivity contribution in [3.63, 3.8) is 0 Å². The lowest BCUT2D eigenvalue weighted by Gasteiger charge is -2.26. The van der Waals surface area contributed by atoms with E-state index in [-0.39, 0.29) is 35.2 Å². The number of rotatable bonds is 8. The van der Waals surface area contributed by atoms with Crippen LogP contribution in [-0.2, 0) is 14.8 Å². The first kappa shape index (κ1) is 21.6. The monoisotopic (exact) mass is 441 g/mol. The Labute approximate surface area is 173 Å². The molecule has 29 heavy (non-hydrogen) atoms. The number of thioether (sulfide) groups is 1. The van der Waals surface area contributed by atoms with Crippen molar-refractivity contribution in [3.05, 3.63) is 29.6 Å².